The molecule has 0 unspecified atom stereocenters. The number of hydrogen-bond acceptors (Lipinski definition) is 4. The van der Waals surface area contributed by atoms with Crippen LogP contribution < -0.4 is 5.32 Å². The van der Waals surface area contributed by atoms with Crippen LogP contribution in [0.4, 0.5) is 18.9 Å². The van der Waals surface area contributed by atoms with E-state index in [2.05, 4.69) is 12.2 Å². The van der Waals surface area contributed by atoms with Gasteiger partial charge in [0.15, 0.2) is 0 Å². The second-order valence-corrected chi connectivity index (χ2v) is 7.83. The summed E-state index contributed by atoms with van der Waals surface area (Å²) in [5.74, 6) is -2.11. The first-order chi connectivity index (χ1) is 14.8. The first-order valence-electron chi connectivity index (χ1n) is 10.9. The van der Waals surface area contributed by atoms with Gasteiger partial charge in [0.05, 0.1) is 16.9 Å². The molecule has 4 nitrogen and oxygen atoms in total. The molecule has 2 rings (SSSR count). The van der Waals surface area contributed by atoms with Gasteiger partial charge in [-0.1, -0.05) is 70.4 Å². The molecule has 31 heavy (non-hydrogen) atoms. The Morgan fingerprint density at radius 3 is 2.10 bits per heavy atom. The molecule has 170 valence electrons. The molecule has 1 aliphatic rings. The van der Waals surface area contributed by atoms with E-state index in [1.54, 1.807) is 0 Å². The van der Waals surface area contributed by atoms with Crippen LogP contribution >= 0.6 is 0 Å². The number of benzene rings is 1. The molecule has 0 bridgehead atoms. The van der Waals surface area contributed by atoms with Crippen LogP contribution in [0.5, 0.6) is 0 Å². The SMILES string of the molecule is CCCCCCCCCCCC1=C(O)C(Nc2ccccc2C(F)(F)F)=CC(=O)C1=O. The number of allylic oxidation sites excluding steroid dienone is 2. The van der Waals surface area contributed by atoms with Crippen LogP contribution in [0.3, 0.4) is 0 Å². The maximum absolute atomic E-state index is 13.2. The summed E-state index contributed by atoms with van der Waals surface area (Å²) < 4.78 is 39.6. The summed E-state index contributed by atoms with van der Waals surface area (Å²) in [4.78, 5) is 24.3. The van der Waals surface area contributed by atoms with Gasteiger partial charge in [0, 0.05) is 11.6 Å². The highest BCUT2D eigenvalue weighted by atomic mass is 19.4. The van der Waals surface area contributed by atoms with Crippen LogP contribution in [0.25, 0.3) is 0 Å². The number of para-hydroxylation sites is 1. The topological polar surface area (TPSA) is 66.4 Å². The quantitative estimate of drug-likeness (QED) is 0.212. The highest BCUT2D eigenvalue weighted by Gasteiger charge is 2.34. The van der Waals surface area contributed by atoms with E-state index >= 15 is 0 Å². The number of hydrogen-bond donors (Lipinski definition) is 2. The van der Waals surface area contributed by atoms with Crippen LogP contribution in [0.2, 0.25) is 0 Å². The molecule has 0 aliphatic heterocycles. The highest BCUT2D eigenvalue weighted by Crippen LogP contribution is 2.36. The third-order valence-corrected chi connectivity index (χ3v) is 5.35. The number of alkyl halides is 3. The third-order valence-electron chi connectivity index (χ3n) is 5.35. The standard InChI is InChI=1S/C24H30F3NO3/c1-2-3-4-5-6-7-8-9-10-13-17-22(30)20(16-21(29)23(17)31)28-19-15-12-11-14-18(19)24(25,26)27/h11-12,14-16,28,30H,2-10,13H2,1H3. The fraction of sp³-hybridized carbons (Fsp3) is 0.500. The molecule has 0 fully saturated rings. The summed E-state index contributed by atoms with van der Waals surface area (Å²) in [6.07, 6.45) is 6.13. The minimum absolute atomic E-state index is 0.0394. The number of unbranched alkanes of at least 4 members (excludes halogenated alkanes) is 8. The van der Waals surface area contributed by atoms with E-state index in [-0.39, 0.29) is 23.4 Å². The van der Waals surface area contributed by atoms with E-state index in [4.69, 9.17) is 0 Å². The Labute approximate surface area is 181 Å². The number of Topliss-reactive ketones (excluding diaryl/α,β-unsaturated/α-hetero) is 1. The minimum Gasteiger partial charge on any atom is -0.505 e. The first kappa shape index (κ1) is 24.7. The maximum Gasteiger partial charge on any atom is 0.418 e. The van der Waals surface area contributed by atoms with Gasteiger partial charge >= 0.3 is 6.18 Å². The molecule has 0 saturated heterocycles. The van der Waals surface area contributed by atoms with Crippen molar-refractivity contribution < 1.29 is 27.9 Å². The molecule has 1 aromatic rings. The lowest BCUT2D eigenvalue weighted by Gasteiger charge is -2.20. The maximum atomic E-state index is 13.2. The molecule has 0 atom stereocenters. The normalized spacial score (nSPS) is 14.8. The summed E-state index contributed by atoms with van der Waals surface area (Å²) in [7, 11) is 0. The van der Waals surface area contributed by atoms with Gasteiger partial charge in [-0.3, -0.25) is 9.59 Å². The van der Waals surface area contributed by atoms with Crippen molar-refractivity contribution in [3.63, 3.8) is 0 Å². The average molecular weight is 438 g/mol. The summed E-state index contributed by atoms with van der Waals surface area (Å²) in [6.45, 7) is 2.17. The molecular formula is C24H30F3NO3. The van der Waals surface area contributed by atoms with Gasteiger partial charge < -0.3 is 10.4 Å². The zero-order valence-corrected chi connectivity index (χ0v) is 17.9. The van der Waals surface area contributed by atoms with Gasteiger partial charge in [0.25, 0.3) is 0 Å². The molecule has 0 heterocycles. The first-order valence-corrected chi connectivity index (χ1v) is 10.9. The van der Waals surface area contributed by atoms with Gasteiger partial charge in [-0.05, 0) is 25.0 Å². The molecule has 0 spiro atoms. The van der Waals surface area contributed by atoms with Gasteiger partial charge in [0.1, 0.15) is 5.76 Å². The highest BCUT2D eigenvalue weighted by molar-refractivity contribution is 6.48. The van der Waals surface area contributed by atoms with Gasteiger partial charge in [0.2, 0.25) is 11.6 Å². The number of anilines is 1. The lowest BCUT2D eigenvalue weighted by Crippen LogP contribution is -2.24. The Kier molecular flexibility index (Phi) is 9.34. The van der Waals surface area contributed by atoms with Gasteiger partial charge in [-0.15, -0.1) is 0 Å². The lowest BCUT2D eigenvalue weighted by molar-refractivity contribution is -0.137. The van der Waals surface area contributed by atoms with E-state index in [0.29, 0.717) is 6.42 Å². The Bertz CT molecular complexity index is 841. The number of carbonyl (C=O) groups is 2. The van der Waals surface area contributed by atoms with Crippen molar-refractivity contribution in [3.05, 3.63) is 52.9 Å². The molecule has 2 N–H and O–H groups in total. The van der Waals surface area contributed by atoms with E-state index < -0.39 is 29.1 Å². The minimum atomic E-state index is -4.60. The fourth-order valence-corrected chi connectivity index (χ4v) is 3.61. The predicted molar refractivity (Wildman–Crippen MR) is 115 cm³/mol. The molecule has 1 aromatic carbocycles. The van der Waals surface area contributed by atoms with Crippen LogP contribution in [-0.4, -0.2) is 16.7 Å². The molecule has 0 amide bonds. The van der Waals surface area contributed by atoms with E-state index in [1.807, 2.05) is 0 Å². The largest absolute Gasteiger partial charge is 0.505 e. The predicted octanol–water partition coefficient (Wildman–Crippen LogP) is 6.89. The second-order valence-electron chi connectivity index (χ2n) is 7.83. The van der Waals surface area contributed by atoms with Crippen LogP contribution in [0.1, 0.15) is 76.7 Å². The number of aliphatic hydroxyl groups is 1. The molecule has 0 aromatic heterocycles. The number of halogens is 3. The molecule has 7 heteroatoms. The molecule has 1 aliphatic carbocycles. The average Bonchev–Trinajstić information content (AvgIpc) is 2.72. The van der Waals surface area contributed by atoms with E-state index in [0.717, 1.165) is 31.4 Å². The number of ketones is 2. The van der Waals surface area contributed by atoms with Crippen molar-refractivity contribution in [2.75, 3.05) is 5.32 Å². The van der Waals surface area contributed by atoms with Crippen LogP contribution in [0, 0.1) is 0 Å². The van der Waals surface area contributed by atoms with Gasteiger partial charge in [-0.2, -0.15) is 13.2 Å². The smallest absolute Gasteiger partial charge is 0.418 e. The van der Waals surface area contributed by atoms with Crippen molar-refractivity contribution in [2.45, 2.75) is 77.3 Å². The monoisotopic (exact) mass is 437 g/mol. The third kappa shape index (κ3) is 7.26. The summed E-state index contributed by atoms with van der Waals surface area (Å²) >= 11 is 0. The summed E-state index contributed by atoms with van der Waals surface area (Å²) in [6, 6.07) is 4.78. The lowest BCUT2D eigenvalue weighted by atomic mass is 9.93. The summed E-state index contributed by atoms with van der Waals surface area (Å²) in [5.41, 5.74) is -1.44. The molecular weight excluding hydrogens is 407 g/mol. The van der Waals surface area contributed by atoms with Crippen molar-refractivity contribution in [3.8, 4) is 0 Å². The number of aliphatic hydroxyl groups excluding tert-OH is 1. The van der Waals surface area contributed by atoms with Crippen LogP contribution in [0.15, 0.2) is 47.4 Å². The van der Waals surface area contributed by atoms with Crippen molar-refractivity contribution in [1.29, 1.82) is 0 Å². The van der Waals surface area contributed by atoms with Crippen molar-refractivity contribution in [1.82, 2.24) is 0 Å². The van der Waals surface area contributed by atoms with Crippen molar-refractivity contribution >= 4 is 17.3 Å². The van der Waals surface area contributed by atoms with Crippen LogP contribution in [-0.2, 0) is 15.8 Å². The summed E-state index contributed by atoms with van der Waals surface area (Å²) in [5, 5.41) is 13.0. The fourth-order valence-electron chi connectivity index (χ4n) is 3.61. The number of rotatable bonds is 12. The zero-order valence-electron chi connectivity index (χ0n) is 17.9. The van der Waals surface area contributed by atoms with E-state index in [9.17, 15) is 27.9 Å². The zero-order chi connectivity index (χ0) is 22.9. The number of carbonyl (C=O) groups excluding carboxylic acids is 2. The molecule has 0 radical (unpaired) electrons. The second kappa shape index (κ2) is 11.7. The van der Waals surface area contributed by atoms with Crippen molar-refractivity contribution in [2.24, 2.45) is 0 Å². The molecule has 0 saturated carbocycles. The number of nitrogens with one attached hydrogen (secondary N) is 1. The Morgan fingerprint density at radius 1 is 0.903 bits per heavy atom. The van der Waals surface area contributed by atoms with Gasteiger partial charge in [-0.25, -0.2) is 0 Å². The Balaban J connectivity index is 1.98. The Morgan fingerprint density at radius 2 is 1.48 bits per heavy atom. The Hall–Kier alpha value is -2.57. The van der Waals surface area contributed by atoms with E-state index in [1.165, 1.54) is 50.3 Å².